The highest BCUT2D eigenvalue weighted by atomic mass is 32.2. The Labute approximate surface area is 144 Å². The first-order valence-corrected chi connectivity index (χ1v) is 9.77. The van der Waals surface area contributed by atoms with Gasteiger partial charge in [0.1, 0.15) is 0 Å². The van der Waals surface area contributed by atoms with Gasteiger partial charge in [0, 0.05) is 13.1 Å². The number of rotatable bonds is 6. The molecule has 0 N–H and O–H groups in total. The Morgan fingerprint density at radius 2 is 1.67 bits per heavy atom. The molecule has 0 aliphatic carbocycles. The van der Waals surface area contributed by atoms with Gasteiger partial charge in [-0.1, -0.05) is 48.5 Å². The van der Waals surface area contributed by atoms with Crippen molar-refractivity contribution >= 4 is 10.0 Å². The summed E-state index contributed by atoms with van der Waals surface area (Å²) in [5.74, 6) is 0.251. The van der Waals surface area contributed by atoms with E-state index in [1.165, 1.54) is 0 Å². The summed E-state index contributed by atoms with van der Waals surface area (Å²) in [5, 5.41) is 0. The summed E-state index contributed by atoms with van der Waals surface area (Å²) < 4.78 is 32.8. The molecule has 0 spiro atoms. The fourth-order valence-corrected chi connectivity index (χ4v) is 4.62. The Balaban J connectivity index is 1.56. The van der Waals surface area contributed by atoms with Gasteiger partial charge in [-0.2, -0.15) is 4.31 Å². The van der Waals surface area contributed by atoms with Crippen molar-refractivity contribution in [2.45, 2.75) is 24.3 Å². The van der Waals surface area contributed by atoms with Gasteiger partial charge in [0.05, 0.1) is 18.1 Å². The normalized spacial score (nSPS) is 19.2. The molecular formula is C19H23NO3S. The Morgan fingerprint density at radius 1 is 1.00 bits per heavy atom. The molecule has 1 unspecified atom stereocenters. The maximum Gasteiger partial charge on any atom is 0.243 e. The molecule has 1 atom stereocenters. The van der Waals surface area contributed by atoms with Crippen LogP contribution < -0.4 is 0 Å². The number of nitrogens with zero attached hydrogens (tertiary/aromatic N) is 1. The lowest BCUT2D eigenvalue weighted by atomic mass is 10.0. The maximum atomic E-state index is 12.7. The van der Waals surface area contributed by atoms with Crippen LogP contribution in [0.3, 0.4) is 0 Å². The van der Waals surface area contributed by atoms with E-state index in [0.717, 1.165) is 18.4 Å². The summed E-state index contributed by atoms with van der Waals surface area (Å²) in [6.45, 7) is 2.29. The summed E-state index contributed by atoms with van der Waals surface area (Å²) >= 11 is 0. The van der Waals surface area contributed by atoms with Gasteiger partial charge in [0.2, 0.25) is 10.0 Å². The zero-order valence-electron chi connectivity index (χ0n) is 13.7. The summed E-state index contributed by atoms with van der Waals surface area (Å²) in [4.78, 5) is 0.371. The molecule has 0 bridgehead atoms. The molecule has 2 aromatic rings. The Morgan fingerprint density at radius 3 is 2.38 bits per heavy atom. The van der Waals surface area contributed by atoms with E-state index < -0.39 is 10.0 Å². The number of sulfonamides is 1. The average molecular weight is 345 g/mol. The van der Waals surface area contributed by atoms with Gasteiger partial charge in [-0.25, -0.2) is 8.42 Å². The van der Waals surface area contributed by atoms with Crippen LogP contribution in [0.25, 0.3) is 0 Å². The lowest BCUT2D eigenvalue weighted by Gasteiger charge is -2.31. The van der Waals surface area contributed by atoms with Crippen LogP contribution in [0.5, 0.6) is 0 Å². The van der Waals surface area contributed by atoms with Crippen LogP contribution in [-0.2, 0) is 21.4 Å². The smallest absolute Gasteiger partial charge is 0.243 e. The first kappa shape index (κ1) is 17.1. The number of piperidine rings is 1. The predicted octanol–water partition coefficient (Wildman–Crippen LogP) is 3.30. The van der Waals surface area contributed by atoms with E-state index in [4.69, 9.17) is 4.74 Å². The van der Waals surface area contributed by atoms with Crippen LogP contribution in [0.15, 0.2) is 65.6 Å². The summed E-state index contributed by atoms with van der Waals surface area (Å²) in [7, 11) is -3.39. The highest BCUT2D eigenvalue weighted by Crippen LogP contribution is 2.24. The third-order valence-electron chi connectivity index (χ3n) is 4.33. The topological polar surface area (TPSA) is 46.6 Å². The third-order valence-corrected chi connectivity index (χ3v) is 6.21. The first-order valence-electron chi connectivity index (χ1n) is 8.33. The van der Waals surface area contributed by atoms with Crippen molar-refractivity contribution < 1.29 is 13.2 Å². The van der Waals surface area contributed by atoms with Crippen molar-refractivity contribution in [2.75, 3.05) is 19.7 Å². The predicted molar refractivity (Wildman–Crippen MR) is 94.0 cm³/mol. The molecule has 1 aliphatic heterocycles. The van der Waals surface area contributed by atoms with Gasteiger partial charge in [0.15, 0.2) is 0 Å². The van der Waals surface area contributed by atoms with Gasteiger partial charge in [0.25, 0.3) is 0 Å². The van der Waals surface area contributed by atoms with Crippen molar-refractivity contribution in [3.63, 3.8) is 0 Å². The lowest BCUT2D eigenvalue weighted by molar-refractivity contribution is 0.0672. The largest absolute Gasteiger partial charge is 0.376 e. The third kappa shape index (κ3) is 4.23. The standard InChI is InChI=1S/C19H23NO3S/c21-24(22,19-11-5-2-6-12-19)20-13-7-10-18(14-20)16-23-15-17-8-3-1-4-9-17/h1-6,8-9,11-12,18H,7,10,13-16H2. The van der Waals surface area contributed by atoms with E-state index in [9.17, 15) is 8.42 Å². The molecule has 1 fully saturated rings. The van der Waals surface area contributed by atoms with E-state index in [-0.39, 0.29) is 5.92 Å². The second kappa shape index (κ2) is 7.92. The van der Waals surface area contributed by atoms with Crippen LogP contribution in [0.2, 0.25) is 0 Å². The van der Waals surface area contributed by atoms with Crippen LogP contribution in [0.1, 0.15) is 18.4 Å². The second-order valence-electron chi connectivity index (χ2n) is 6.19. The van der Waals surface area contributed by atoms with Crippen molar-refractivity contribution in [1.29, 1.82) is 0 Å². The molecule has 24 heavy (non-hydrogen) atoms. The minimum absolute atomic E-state index is 0.251. The summed E-state index contributed by atoms with van der Waals surface area (Å²) in [6, 6.07) is 18.7. The van der Waals surface area contributed by atoms with Gasteiger partial charge in [-0.15, -0.1) is 0 Å². The molecule has 1 heterocycles. The highest BCUT2D eigenvalue weighted by molar-refractivity contribution is 7.89. The van der Waals surface area contributed by atoms with Crippen LogP contribution >= 0.6 is 0 Å². The van der Waals surface area contributed by atoms with Gasteiger partial charge in [-0.3, -0.25) is 0 Å². The molecule has 0 amide bonds. The SMILES string of the molecule is O=S(=O)(c1ccccc1)N1CCCC(COCc2ccccc2)C1. The molecule has 0 aromatic heterocycles. The number of benzene rings is 2. The molecule has 5 heteroatoms. The average Bonchev–Trinajstić information content (AvgIpc) is 2.64. The summed E-state index contributed by atoms with van der Waals surface area (Å²) in [5.41, 5.74) is 1.14. The highest BCUT2D eigenvalue weighted by Gasteiger charge is 2.30. The van der Waals surface area contributed by atoms with Crippen LogP contribution in [0.4, 0.5) is 0 Å². The minimum atomic E-state index is -3.39. The van der Waals surface area contributed by atoms with Gasteiger partial charge < -0.3 is 4.74 Å². The van der Waals surface area contributed by atoms with Gasteiger partial charge >= 0.3 is 0 Å². The zero-order valence-corrected chi connectivity index (χ0v) is 14.5. The molecule has 2 aromatic carbocycles. The van der Waals surface area contributed by atoms with E-state index in [2.05, 4.69) is 0 Å². The van der Waals surface area contributed by atoms with Crippen LogP contribution in [-0.4, -0.2) is 32.4 Å². The van der Waals surface area contributed by atoms with Crippen molar-refractivity contribution in [3.05, 3.63) is 66.2 Å². The number of ether oxygens (including phenoxy) is 1. The minimum Gasteiger partial charge on any atom is -0.376 e. The monoisotopic (exact) mass is 345 g/mol. The molecule has 3 rings (SSSR count). The fraction of sp³-hybridized carbons (Fsp3) is 0.368. The summed E-state index contributed by atoms with van der Waals surface area (Å²) in [6.07, 6.45) is 1.89. The first-order chi connectivity index (χ1) is 11.7. The second-order valence-corrected chi connectivity index (χ2v) is 8.12. The molecule has 0 radical (unpaired) electrons. The molecule has 128 valence electrons. The maximum absolute atomic E-state index is 12.7. The quantitative estimate of drug-likeness (QED) is 0.807. The van der Waals surface area contributed by atoms with E-state index in [1.54, 1.807) is 28.6 Å². The Bertz CT molecular complexity index is 732. The molecule has 1 aliphatic rings. The molecule has 1 saturated heterocycles. The molecule has 4 nitrogen and oxygen atoms in total. The Kier molecular flexibility index (Phi) is 5.66. The van der Waals surface area contributed by atoms with Crippen molar-refractivity contribution in [3.8, 4) is 0 Å². The lowest BCUT2D eigenvalue weighted by Crippen LogP contribution is -2.41. The van der Waals surface area contributed by atoms with E-state index in [0.29, 0.717) is 31.2 Å². The number of hydrogen-bond acceptors (Lipinski definition) is 3. The van der Waals surface area contributed by atoms with E-state index in [1.807, 2.05) is 36.4 Å². The van der Waals surface area contributed by atoms with E-state index >= 15 is 0 Å². The zero-order chi connectivity index (χ0) is 16.8. The van der Waals surface area contributed by atoms with Crippen molar-refractivity contribution in [2.24, 2.45) is 5.92 Å². The molecular weight excluding hydrogens is 322 g/mol. The fourth-order valence-electron chi connectivity index (χ4n) is 3.04. The van der Waals surface area contributed by atoms with Crippen molar-refractivity contribution in [1.82, 2.24) is 4.31 Å². The van der Waals surface area contributed by atoms with Crippen LogP contribution in [0, 0.1) is 5.92 Å². The Hall–Kier alpha value is -1.69. The number of hydrogen-bond donors (Lipinski definition) is 0. The molecule has 0 saturated carbocycles. The van der Waals surface area contributed by atoms with Gasteiger partial charge in [-0.05, 0) is 36.5 Å².